The van der Waals surface area contributed by atoms with E-state index < -0.39 is 17.8 Å². The minimum atomic E-state index is -0.914. The summed E-state index contributed by atoms with van der Waals surface area (Å²) in [5.41, 5.74) is 5.36. The highest BCUT2D eigenvalue weighted by atomic mass is 19.1. The molecule has 7 heteroatoms. The minimum Gasteiger partial charge on any atom is -0.394 e. The van der Waals surface area contributed by atoms with Crippen LogP contribution in [0.3, 0.4) is 0 Å². The van der Waals surface area contributed by atoms with Gasteiger partial charge >= 0.3 is 0 Å². The van der Waals surface area contributed by atoms with Crippen LogP contribution < -0.4 is 5.73 Å². The number of carbonyl (C=O) groups is 1. The molecule has 1 aromatic heterocycles. The summed E-state index contributed by atoms with van der Waals surface area (Å²) in [5, 5.41) is 22.4. The third kappa shape index (κ3) is 2.56. The normalized spacial score (nSPS) is 12.8. The lowest BCUT2D eigenvalue weighted by atomic mass is 10.2. The molecule has 2 aromatic rings. The zero-order valence-electron chi connectivity index (χ0n) is 10.1. The first-order valence-electron chi connectivity index (χ1n) is 5.78. The number of aliphatic hydroxyl groups is 2. The molecule has 0 saturated carbocycles. The lowest BCUT2D eigenvalue weighted by Gasteiger charge is -2.07. The summed E-state index contributed by atoms with van der Waals surface area (Å²) in [6, 6.07) is 4.29. The van der Waals surface area contributed by atoms with Crippen LogP contribution in [0.15, 0.2) is 18.2 Å². The summed E-state index contributed by atoms with van der Waals surface area (Å²) in [6.45, 7) is -0.212. The van der Waals surface area contributed by atoms with Crippen LogP contribution in [-0.2, 0) is 6.54 Å². The number of rotatable bonds is 5. The number of fused-ring (bicyclic) bond motifs is 1. The summed E-state index contributed by atoms with van der Waals surface area (Å²) < 4.78 is 15.1. The van der Waals surface area contributed by atoms with E-state index in [-0.39, 0.29) is 30.8 Å². The molecule has 1 atom stereocenters. The van der Waals surface area contributed by atoms with Crippen LogP contribution in [0.4, 0.5) is 4.39 Å². The maximum Gasteiger partial charge on any atom is 0.269 e. The van der Waals surface area contributed by atoms with E-state index in [1.165, 1.54) is 16.8 Å². The molecule has 1 amide bonds. The van der Waals surface area contributed by atoms with Gasteiger partial charge in [-0.05, 0) is 12.5 Å². The first-order chi connectivity index (χ1) is 9.04. The monoisotopic (exact) mass is 267 g/mol. The van der Waals surface area contributed by atoms with Crippen LogP contribution in [0.1, 0.15) is 16.9 Å². The number of primary amides is 1. The summed E-state index contributed by atoms with van der Waals surface area (Å²) in [6.07, 6.45) is -0.720. The number of para-hydroxylation sites is 1. The maximum absolute atomic E-state index is 13.8. The molecule has 19 heavy (non-hydrogen) atoms. The molecule has 0 bridgehead atoms. The van der Waals surface area contributed by atoms with Crippen molar-refractivity contribution in [2.45, 2.75) is 19.1 Å². The predicted octanol–water partition coefficient (Wildman–Crippen LogP) is 0.0176. The molecule has 6 nitrogen and oxygen atoms in total. The fraction of sp³-hybridized carbons (Fsp3) is 0.333. The SMILES string of the molecule is NC(=O)c1nn(CC[C@@H](O)CO)c2c(F)cccc12. The third-order valence-corrected chi connectivity index (χ3v) is 2.84. The quantitative estimate of drug-likeness (QED) is 0.710. The topological polar surface area (TPSA) is 101 Å². The number of hydrogen-bond acceptors (Lipinski definition) is 4. The van der Waals surface area contributed by atoms with E-state index in [1.807, 2.05) is 0 Å². The number of halogens is 1. The Morgan fingerprint density at radius 2 is 2.26 bits per heavy atom. The van der Waals surface area contributed by atoms with Crippen molar-refractivity contribution in [3.8, 4) is 0 Å². The number of aliphatic hydroxyl groups excluding tert-OH is 2. The van der Waals surface area contributed by atoms with Crippen molar-refractivity contribution < 1.29 is 19.4 Å². The highest BCUT2D eigenvalue weighted by Crippen LogP contribution is 2.21. The van der Waals surface area contributed by atoms with Crippen molar-refractivity contribution in [2.24, 2.45) is 5.73 Å². The number of aryl methyl sites for hydroxylation is 1. The van der Waals surface area contributed by atoms with Gasteiger partial charge in [0.1, 0.15) is 11.3 Å². The second-order valence-electron chi connectivity index (χ2n) is 4.20. The fourth-order valence-electron chi connectivity index (χ4n) is 1.90. The van der Waals surface area contributed by atoms with Gasteiger partial charge < -0.3 is 15.9 Å². The van der Waals surface area contributed by atoms with E-state index in [0.29, 0.717) is 5.39 Å². The summed E-state index contributed by atoms with van der Waals surface area (Å²) >= 11 is 0. The van der Waals surface area contributed by atoms with Crippen LogP contribution in [0.2, 0.25) is 0 Å². The van der Waals surface area contributed by atoms with E-state index in [2.05, 4.69) is 5.10 Å². The van der Waals surface area contributed by atoms with Gasteiger partial charge in [0, 0.05) is 11.9 Å². The van der Waals surface area contributed by atoms with Crippen LogP contribution in [0, 0.1) is 5.82 Å². The van der Waals surface area contributed by atoms with Gasteiger partial charge in [-0.2, -0.15) is 5.10 Å². The van der Waals surface area contributed by atoms with Crippen molar-refractivity contribution in [3.05, 3.63) is 29.7 Å². The molecule has 2 rings (SSSR count). The summed E-state index contributed by atoms with van der Waals surface area (Å²) in [4.78, 5) is 11.3. The van der Waals surface area contributed by atoms with Gasteiger partial charge in [0.05, 0.1) is 12.7 Å². The Balaban J connectivity index is 2.46. The summed E-state index contributed by atoms with van der Waals surface area (Å²) in [7, 11) is 0. The molecule has 0 aliphatic heterocycles. The molecule has 0 aliphatic carbocycles. The zero-order chi connectivity index (χ0) is 14.0. The Labute approximate surface area is 108 Å². The van der Waals surface area contributed by atoms with Gasteiger partial charge in [-0.15, -0.1) is 0 Å². The molecule has 0 saturated heterocycles. The van der Waals surface area contributed by atoms with Crippen LogP contribution in [0.25, 0.3) is 10.9 Å². The van der Waals surface area contributed by atoms with E-state index in [1.54, 1.807) is 6.07 Å². The van der Waals surface area contributed by atoms with E-state index >= 15 is 0 Å². The molecule has 1 aromatic carbocycles. The number of hydrogen-bond donors (Lipinski definition) is 3. The van der Waals surface area contributed by atoms with Gasteiger partial charge in [0.2, 0.25) is 0 Å². The number of carbonyl (C=O) groups excluding carboxylic acids is 1. The molecule has 0 unspecified atom stereocenters. The molecule has 4 N–H and O–H groups in total. The van der Waals surface area contributed by atoms with E-state index in [9.17, 15) is 14.3 Å². The van der Waals surface area contributed by atoms with E-state index in [4.69, 9.17) is 10.8 Å². The number of nitrogens with two attached hydrogens (primary N) is 1. The maximum atomic E-state index is 13.8. The first-order valence-corrected chi connectivity index (χ1v) is 5.78. The standard InChI is InChI=1S/C12H14FN3O3/c13-9-3-1-2-8-10(12(14)19)15-16(11(8)9)5-4-7(18)6-17/h1-3,7,17-18H,4-6H2,(H2,14,19)/t7-/m1/s1. The van der Waals surface area contributed by atoms with Crippen molar-refractivity contribution >= 4 is 16.8 Å². The van der Waals surface area contributed by atoms with Crippen LogP contribution in [-0.4, -0.2) is 38.6 Å². The highest BCUT2D eigenvalue weighted by molar-refractivity contribution is 6.04. The Kier molecular flexibility index (Phi) is 3.77. The second-order valence-corrected chi connectivity index (χ2v) is 4.20. The van der Waals surface area contributed by atoms with Crippen LogP contribution in [0.5, 0.6) is 0 Å². The average Bonchev–Trinajstić information content (AvgIpc) is 2.76. The Morgan fingerprint density at radius 1 is 1.53 bits per heavy atom. The lowest BCUT2D eigenvalue weighted by molar-refractivity contribution is 0.0839. The third-order valence-electron chi connectivity index (χ3n) is 2.84. The van der Waals surface area contributed by atoms with Gasteiger partial charge in [-0.3, -0.25) is 9.48 Å². The Bertz CT molecular complexity index is 612. The predicted molar refractivity (Wildman–Crippen MR) is 65.9 cm³/mol. The van der Waals surface area contributed by atoms with Crippen molar-refractivity contribution in [3.63, 3.8) is 0 Å². The van der Waals surface area contributed by atoms with Crippen molar-refractivity contribution in [2.75, 3.05) is 6.61 Å². The van der Waals surface area contributed by atoms with Gasteiger partial charge in [0.25, 0.3) is 5.91 Å². The molecule has 102 valence electrons. The zero-order valence-corrected chi connectivity index (χ0v) is 10.1. The minimum absolute atomic E-state index is 0.00649. The average molecular weight is 267 g/mol. The van der Waals surface area contributed by atoms with Crippen molar-refractivity contribution in [1.29, 1.82) is 0 Å². The molecular formula is C12H14FN3O3. The molecular weight excluding hydrogens is 253 g/mol. The second kappa shape index (κ2) is 5.33. The number of aromatic nitrogens is 2. The number of benzene rings is 1. The number of nitrogens with zero attached hydrogens (tertiary/aromatic N) is 2. The molecule has 0 aliphatic rings. The van der Waals surface area contributed by atoms with Gasteiger partial charge in [-0.1, -0.05) is 12.1 Å². The first kappa shape index (κ1) is 13.4. The largest absolute Gasteiger partial charge is 0.394 e. The highest BCUT2D eigenvalue weighted by Gasteiger charge is 2.17. The fourth-order valence-corrected chi connectivity index (χ4v) is 1.90. The number of amides is 1. The Morgan fingerprint density at radius 3 is 2.89 bits per heavy atom. The van der Waals surface area contributed by atoms with Crippen LogP contribution >= 0.6 is 0 Å². The summed E-state index contributed by atoms with van der Waals surface area (Å²) in [5.74, 6) is -1.26. The van der Waals surface area contributed by atoms with Gasteiger partial charge in [-0.25, -0.2) is 4.39 Å². The molecule has 0 fully saturated rings. The van der Waals surface area contributed by atoms with E-state index in [0.717, 1.165) is 0 Å². The van der Waals surface area contributed by atoms with Gasteiger partial charge in [0.15, 0.2) is 5.69 Å². The van der Waals surface area contributed by atoms with Crippen molar-refractivity contribution in [1.82, 2.24) is 9.78 Å². The molecule has 0 radical (unpaired) electrons. The molecule has 1 heterocycles. The molecule has 0 spiro atoms. The smallest absolute Gasteiger partial charge is 0.269 e. The Hall–Kier alpha value is -1.99. The lowest BCUT2D eigenvalue weighted by Crippen LogP contribution is -2.17.